The summed E-state index contributed by atoms with van der Waals surface area (Å²) in [6.45, 7) is 3.77. The van der Waals surface area contributed by atoms with Crippen LogP contribution in [-0.4, -0.2) is 26.0 Å². The highest BCUT2D eigenvalue weighted by Gasteiger charge is 2.42. The fourth-order valence-electron chi connectivity index (χ4n) is 2.23. The molecular formula is C13H15NO3. The Labute approximate surface area is 100 Å². The van der Waals surface area contributed by atoms with Gasteiger partial charge in [0.2, 0.25) is 5.91 Å². The first-order valence-corrected chi connectivity index (χ1v) is 5.40. The summed E-state index contributed by atoms with van der Waals surface area (Å²) in [5.74, 6) is -0.354. The first-order chi connectivity index (χ1) is 7.89. The third-order valence-corrected chi connectivity index (χ3v) is 3.29. The maximum Gasteiger partial charge on any atom is 0.337 e. The number of amides is 1. The Morgan fingerprint density at radius 2 is 2.00 bits per heavy atom. The normalized spacial score (nSPS) is 16.9. The highest BCUT2D eigenvalue weighted by molar-refractivity contribution is 6.08. The van der Waals surface area contributed by atoms with E-state index in [1.54, 1.807) is 24.1 Å². The van der Waals surface area contributed by atoms with Crippen LogP contribution in [0.25, 0.3) is 0 Å². The van der Waals surface area contributed by atoms with E-state index in [0.717, 1.165) is 11.3 Å². The minimum atomic E-state index is -0.529. The van der Waals surface area contributed by atoms with E-state index in [4.69, 9.17) is 0 Å². The van der Waals surface area contributed by atoms with Gasteiger partial charge >= 0.3 is 5.97 Å². The van der Waals surface area contributed by atoms with Crippen LogP contribution in [0.2, 0.25) is 0 Å². The lowest BCUT2D eigenvalue weighted by molar-refractivity contribution is -0.121. The third kappa shape index (κ3) is 1.52. The number of nitrogens with zero attached hydrogens (tertiary/aromatic N) is 1. The quantitative estimate of drug-likeness (QED) is 0.694. The van der Waals surface area contributed by atoms with Gasteiger partial charge in [0, 0.05) is 12.7 Å². The van der Waals surface area contributed by atoms with Crippen molar-refractivity contribution < 1.29 is 14.3 Å². The average Bonchev–Trinajstić information content (AvgIpc) is 2.50. The van der Waals surface area contributed by atoms with Crippen molar-refractivity contribution in [3.8, 4) is 0 Å². The summed E-state index contributed by atoms with van der Waals surface area (Å²) in [5.41, 5.74) is 1.66. The second-order valence-corrected chi connectivity index (χ2v) is 4.71. The van der Waals surface area contributed by atoms with Crippen LogP contribution in [0.3, 0.4) is 0 Å². The molecule has 2 rings (SSSR count). The standard InChI is InChI=1S/C13H15NO3/c1-13(2)9-6-5-8(11(15)17-4)7-10(9)14(3)12(13)16/h5-7H,1-4H3. The number of methoxy groups -OCH3 is 1. The minimum absolute atomic E-state index is 0.0366. The number of esters is 1. The molecule has 4 nitrogen and oxygen atoms in total. The number of likely N-dealkylation sites (N-methyl/N-ethyl adjacent to an activating group) is 1. The van der Waals surface area contributed by atoms with Gasteiger partial charge in [0.25, 0.3) is 0 Å². The Bertz CT molecular complexity index is 505. The molecule has 1 amide bonds. The zero-order valence-electron chi connectivity index (χ0n) is 10.4. The van der Waals surface area contributed by atoms with Gasteiger partial charge in [-0.15, -0.1) is 0 Å². The molecule has 0 atom stereocenters. The largest absolute Gasteiger partial charge is 0.465 e. The van der Waals surface area contributed by atoms with Gasteiger partial charge in [-0.3, -0.25) is 4.79 Å². The number of carbonyl (C=O) groups is 2. The van der Waals surface area contributed by atoms with Crippen molar-refractivity contribution in [1.82, 2.24) is 0 Å². The average molecular weight is 233 g/mol. The topological polar surface area (TPSA) is 46.6 Å². The van der Waals surface area contributed by atoms with Crippen LogP contribution in [0.5, 0.6) is 0 Å². The molecule has 1 aromatic carbocycles. The van der Waals surface area contributed by atoms with Gasteiger partial charge in [0.05, 0.1) is 18.1 Å². The van der Waals surface area contributed by atoms with Gasteiger partial charge in [0.1, 0.15) is 0 Å². The van der Waals surface area contributed by atoms with Crippen LogP contribution in [0.4, 0.5) is 5.69 Å². The van der Waals surface area contributed by atoms with Gasteiger partial charge in [-0.25, -0.2) is 4.79 Å². The molecule has 0 aliphatic carbocycles. The van der Waals surface area contributed by atoms with Crippen LogP contribution in [0.1, 0.15) is 29.8 Å². The van der Waals surface area contributed by atoms with Crippen molar-refractivity contribution in [2.45, 2.75) is 19.3 Å². The lowest BCUT2D eigenvalue weighted by Gasteiger charge is -2.16. The van der Waals surface area contributed by atoms with Crippen molar-refractivity contribution in [1.29, 1.82) is 0 Å². The molecule has 1 aliphatic rings. The van der Waals surface area contributed by atoms with E-state index in [2.05, 4.69) is 4.74 Å². The maximum atomic E-state index is 12.0. The molecule has 90 valence electrons. The van der Waals surface area contributed by atoms with E-state index in [1.165, 1.54) is 7.11 Å². The Kier molecular flexibility index (Phi) is 2.45. The van der Waals surface area contributed by atoms with Crippen LogP contribution in [0.15, 0.2) is 18.2 Å². The van der Waals surface area contributed by atoms with Gasteiger partial charge < -0.3 is 9.64 Å². The molecule has 1 heterocycles. The first kappa shape index (κ1) is 11.6. The summed E-state index contributed by atoms with van der Waals surface area (Å²) in [5, 5.41) is 0. The van der Waals surface area contributed by atoms with Crippen LogP contribution >= 0.6 is 0 Å². The van der Waals surface area contributed by atoms with E-state index in [1.807, 2.05) is 19.9 Å². The predicted molar refractivity (Wildman–Crippen MR) is 64.2 cm³/mol. The van der Waals surface area contributed by atoms with Gasteiger partial charge in [0.15, 0.2) is 0 Å². The molecule has 17 heavy (non-hydrogen) atoms. The molecule has 4 heteroatoms. The molecule has 0 bridgehead atoms. The summed E-state index contributed by atoms with van der Waals surface area (Å²) in [7, 11) is 3.06. The summed E-state index contributed by atoms with van der Waals surface area (Å²) < 4.78 is 4.67. The van der Waals surface area contributed by atoms with Gasteiger partial charge in [-0.05, 0) is 31.5 Å². The summed E-state index contributed by atoms with van der Waals surface area (Å²) >= 11 is 0. The number of rotatable bonds is 1. The van der Waals surface area contributed by atoms with E-state index in [-0.39, 0.29) is 5.91 Å². The van der Waals surface area contributed by atoms with E-state index in [9.17, 15) is 9.59 Å². The summed E-state index contributed by atoms with van der Waals surface area (Å²) in [4.78, 5) is 25.1. The van der Waals surface area contributed by atoms with Crippen LogP contribution in [0, 0.1) is 0 Å². The molecular weight excluding hydrogens is 218 g/mol. The zero-order valence-corrected chi connectivity index (χ0v) is 10.4. The molecule has 0 unspecified atom stereocenters. The lowest BCUT2D eigenvalue weighted by atomic mass is 9.86. The second kappa shape index (κ2) is 3.58. The summed E-state index contributed by atoms with van der Waals surface area (Å²) in [6, 6.07) is 5.22. The molecule has 0 aromatic heterocycles. The monoisotopic (exact) mass is 233 g/mol. The van der Waals surface area contributed by atoms with Crippen molar-refractivity contribution in [2.75, 3.05) is 19.1 Å². The Morgan fingerprint density at radius 3 is 2.59 bits per heavy atom. The number of hydrogen-bond acceptors (Lipinski definition) is 3. The number of hydrogen-bond donors (Lipinski definition) is 0. The number of ether oxygens (including phenoxy) is 1. The highest BCUT2D eigenvalue weighted by atomic mass is 16.5. The Hall–Kier alpha value is -1.84. The number of carbonyl (C=O) groups excluding carboxylic acids is 2. The molecule has 0 fully saturated rings. The molecule has 0 N–H and O–H groups in total. The second-order valence-electron chi connectivity index (χ2n) is 4.71. The SMILES string of the molecule is COC(=O)c1ccc2c(c1)N(C)C(=O)C2(C)C. The fraction of sp³-hybridized carbons (Fsp3) is 0.385. The summed E-state index contributed by atoms with van der Waals surface area (Å²) in [6.07, 6.45) is 0. The Balaban J connectivity index is 2.56. The van der Waals surface area contributed by atoms with Crippen molar-refractivity contribution >= 4 is 17.6 Å². The number of fused-ring (bicyclic) bond motifs is 1. The lowest BCUT2D eigenvalue weighted by Crippen LogP contribution is -2.33. The van der Waals surface area contributed by atoms with Crippen molar-refractivity contribution in [3.05, 3.63) is 29.3 Å². The Morgan fingerprint density at radius 1 is 1.35 bits per heavy atom. The molecule has 0 saturated heterocycles. The molecule has 0 spiro atoms. The smallest absolute Gasteiger partial charge is 0.337 e. The minimum Gasteiger partial charge on any atom is -0.465 e. The van der Waals surface area contributed by atoms with Gasteiger partial charge in [-0.1, -0.05) is 6.07 Å². The molecule has 1 aliphatic heterocycles. The van der Waals surface area contributed by atoms with Crippen LogP contribution in [-0.2, 0) is 14.9 Å². The number of benzene rings is 1. The molecule has 0 saturated carbocycles. The third-order valence-electron chi connectivity index (χ3n) is 3.29. The number of anilines is 1. The highest BCUT2D eigenvalue weighted by Crippen LogP contribution is 2.40. The first-order valence-electron chi connectivity index (χ1n) is 5.40. The van der Waals surface area contributed by atoms with E-state index in [0.29, 0.717) is 5.56 Å². The van der Waals surface area contributed by atoms with Crippen molar-refractivity contribution in [2.24, 2.45) is 0 Å². The fourth-order valence-corrected chi connectivity index (χ4v) is 2.23. The zero-order chi connectivity index (χ0) is 12.8. The van der Waals surface area contributed by atoms with Crippen LogP contribution < -0.4 is 4.90 Å². The molecule has 0 radical (unpaired) electrons. The van der Waals surface area contributed by atoms with Crippen molar-refractivity contribution in [3.63, 3.8) is 0 Å². The van der Waals surface area contributed by atoms with E-state index < -0.39 is 11.4 Å². The molecule has 1 aromatic rings. The van der Waals surface area contributed by atoms with Gasteiger partial charge in [-0.2, -0.15) is 0 Å². The maximum absolute atomic E-state index is 12.0. The predicted octanol–water partition coefficient (Wildman–Crippen LogP) is 1.73. The van der Waals surface area contributed by atoms with E-state index >= 15 is 0 Å².